The summed E-state index contributed by atoms with van der Waals surface area (Å²) in [7, 11) is 0. The lowest BCUT2D eigenvalue weighted by atomic mass is 10.2. The van der Waals surface area contributed by atoms with E-state index in [2.05, 4.69) is 22.8 Å². The quantitative estimate of drug-likeness (QED) is 0.906. The van der Waals surface area contributed by atoms with Gasteiger partial charge in [-0.3, -0.25) is 4.79 Å². The van der Waals surface area contributed by atoms with Crippen molar-refractivity contribution in [2.24, 2.45) is 5.92 Å². The van der Waals surface area contributed by atoms with E-state index in [0.717, 1.165) is 18.4 Å². The molecule has 1 aromatic carbocycles. The van der Waals surface area contributed by atoms with Gasteiger partial charge in [-0.2, -0.15) is 0 Å². The van der Waals surface area contributed by atoms with Crippen LogP contribution in [-0.4, -0.2) is 20.6 Å². The number of nitrogens with zero attached hydrogens (tertiary/aromatic N) is 2. The van der Waals surface area contributed by atoms with Crippen molar-refractivity contribution in [3.05, 3.63) is 30.1 Å². The molecule has 0 aliphatic heterocycles. The lowest BCUT2D eigenvalue weighted by Crippen LogP contribution is -2.02. The third-order valence-electron chi connectivity index (χ3n) is 4.52. The van der Waals surface area contributed by atoms with Crippen molar-refractivity contribution >= 4 is 17.0 Å². The van der Waals surface area contributed by atoms with Crippen LogP contribution >= 0.6 is 0 Å². The molecule has 2 saturated carbocycles. The van der Waals surface area contributed by atoms with Crippen LogP contribution in [0, 0.1) is 5.92 Å². The lowest BCUT2D eigenvalue weighted by Gasteiger charge is -2.07. The Morgan fingerprint density at radius 1 is 1.35 bits per heavy atom. The number of aromatic nitrogens is 2. The van der Waals surface area contributed by atoms with Gasteiger partial charge in [0.05, 0.1) is 11.0 Å². The Morgan fingerprint density at radius 2 is 2.15 bits per heavy atom. The normalized spacial score (nSPS) is 25.0. The molecular weight excluding hydrogens is 252 g/mol. The zero-order valence-electron chi connectivity index (χ0n) is 11.3. The number of imidazole rings is 1. The molecule has 0 unspecified atom stereocenters. The summed E-state index contributed by atoms with van der Waals surface area (Å²) in [5.41, 5.74) is 2.33. The smallest absolute Gasteiger partial charge is 0.303 e. The van der Waals surface area contributed by atoms with Crippen LogP contribution in [0.3, 0.4) is 0 Å². The maximum absolute atomic E-state index is 10.7. The number of carbonyl (C=O) groups is 1. The van der Waals surface area contributed by atoms with E-state index in [4.69, 9.17) is 10.1 Å². The number of hydrogen-bond acceptors (Lipinski definition) is 2. The molecule has 0 amide bonds. The highest BCUT2D eigenvalue weighted by Crippen LogP contribution is 2.52. The molecule has 0 spiro atoms. The van der Waals surface area contributed by atoms with E-state index in [1.54, 1.807) is 0 Å². The first-order chi connectivity index (χ1) is 9.74. The van der Waals surface area contributed by atoms with Crippen molar-refractivity contribution in [2.45, 2.75) is 44.1 Å². The molecule has 1 aromatic heterocycles. The molecule has 0 saturated heterocycles. The lowest BCUT2D eigenvalue weighted by molar-refractivity contribution is -0.137. The highest BCUT2D eigenvalue weighted by Gasteiger charge is 2.43. The zero-order chi connectivity index (χ0) is 13.7. The monoisotopic (exact) mass is 270 g/mol. The number of rotatable bonds is 5. The van der Waals surface area contributed by atoms with Crippen molar-refractivity contribution in [3.63, 3.8) is 0 Å². The molecule has 1 heterocycles. The Bertz CT molecular complexity index is 672. The first-order valence-corrected chi connectivity index (χ1v) is 7.42. The second-order valence-corrected chi connectivity index (χ2v) is 6.09. The summed E-state index contributed by atoms with van der Waals surface area (Å²) >= 11 is 0. The minimum atomic E-state index is -0.689. The number of carboxylic acid groups (broad SMARTS) is 1. The Labute approximate surface area is 117 Å². The molecule has 1 N–H and O–H groups in total. The number of fused-ring (bicyclic) bond motifs is 1. The van der Waals surface area contributed by atoms with Gasteiger partial charge >= 0.3 is 5.97 Å². The molecular formula is C16H18N2O2. The first-order valence-electron chi connectivity index (χ1n) is 7.42. The topological polar surface area (TPSA) is 55.1 Å². The molecule has 2 atom stereocenters. The Balaban J connectivity index is 1.64. The average molecular weight is 270 g/mol. The summed E-state index contributed by atoms with van der Waals surface area (Å²) in [6.07, 6.45) is 4.67. The minimum absolute atomic E-state index is 0.283. The summed E-state index contributed by atoms with van der Waals surface area (Å²) in [6, 6.07) is 8.95. The molecule has 0 bridgehead atoms. The number of aliphatic carboxylic acids is 1. The van der Waals surface area contributed by atoms with E-state index in [-0.39, 0.29) is 6.42 Å². The molecule has 20 heavy (non-hydrogen) atoms. The third kappa shape index (κ3) is 1.99. The molecule has 4 rings (SSSR count). The summed E-state index contributed by atoms with van der Waals surface area (Å²) in [5.74, 6) is 1.50. The second kappa shape index (κ2) is 4.33. The highest BCUT2D eigenvalue weighted by molar-refractivity contribution is 5.76. The van der Waals surface area contributed by atoms with Crippen molar-refractivity contribution < 1.29 is 9.90 Å². The molecule has 104 valence electrons. The number of benzene rings is 1. The van der Waals surface area contributed by atoms with Gasteiger partial charge in [0.25, 0.3) is 0 Å². The van der Waals surface area contributed by atoms with Crippen LogP contribution in [-0.2, 0) is 4.79 Å². The summed E-state index contributed by atoms with van der Waals surface area (Å²) in [6.45, 7) is 0. The van der Waals surface area contributed by atoms with E-state index in [1.807, 2.05) is 6.07 Å². The Morgan fingerprint density at radius 3 is 2.90 bits per heavy atom. The number of hydrogen-bond donors (Lipinski definition) is 1. The van der Waals surface area contributed by atoms with Gasteiger partial charge in [0, 0.05) is 18.4 Å². The molecule has 4 heteroatoms. The van der Waals surface area contributed by atoms with Crippen molar-refractivity contribution in [3.8, 4) is 0 Å². The predicted octanol–water partition coefficient (Wildman–Crippen LogP) is 3.34. The van der Waals surface area contributed by atoms with Crippen LogP contribution in [0.4, 0.5) is 0 Å². The summed E-state index contributed by atoms with van der Waals surface area (Å²) < 4.78 is 2.42. The fraction of sp³-hybridized carbons (Fsp3) is 0.500. The summed E-state index contributed by atoms with van der Waals surface area (Å²) in [4.78, 5) is 15.5. The van der Waals surface area contributed by atoms with Gasteiger partial charge in [0.1, 0.15) is 5.82 Å². The number of carboxylic acids is 1. The second-order valence-electron chi connectivity index (χ2n) is 6.09. The Kier molecular flexibility index (Phi) is 2.59. The van der Waals surface area contributed by atoms with E-state index >= 15 is 0 Å². The maximum Gasteiger partial charge on any atom is 0.303 e. The SMILES string of the molecule is O=C(O)CC[C@H]1C[C@@H]1c1nc2ccccc2n1C1CC1. The molecule has 2 aliphatic carbocycles. The van der Waals surface area contributed by atoms with Crippen LogP contribution in [0.15, 0.2) is 24.3 Å². The van der Waals surface area contributed by atoms with Crippen LogP contribution < -0.4 is 0 Å². The van der Waals surface area contributed by atoms with E-state index in [1.165, 1.54) is 24.2 Å². The van der Waals surface area contributed by atoms with E-state index in [9.17, 15) is 4.79 Å². The van der Waals surface area contributed by atoms with Gasteiger partial charge in [-0.05, 0) is 43.7 Å². The minimum Gasteiger partial charge on any atom is -0.481 e. The predicted molar refractivity (Wildman–Crippen MR) is 75.7 cm³/mol. The van der Waals surface area contributed by atoms with Gasteiger partial charge in [-0.1, -0.05) is 12.1 Å². The van der Waals surface area contributed by atoms with E-state index < -0.39 is 5.97 Å². The zero-order valence-corrected chi connectivity index (χ0v) is 11.3. The molecule has 2 aliphatic rings. The van der Waals surface area contributed by atoms with Crippen LogP contribution in [0.25, 0.3) is 11.0 Å². The third-order valence-corrected chi connectivity index (χ3v) is 4.52. The summed E-state index contributed by atoms with van der Waals surface area (Å²) in [5, 5.41) is 8.79. The van der Waals surface area contributed by atoms with Crippen molar-refractivity contribution in [2.75, 3.05) is 0 Å². The highest BCUT2D eigenvalue weighted by atomic mass is 16.4. The first kappa shape index (κ1) is 11.9. The van der Waals surface area contributed by atoms with Gasteiger partial charge in [0.2, 0.25) is 0 Å². The fourth-order valence-electron chi connectivity index (χ4n) is 3.23. The van der Waals surface area contributed by atoms with Gasteiger partial charge in [0.15, 0.2) is 0 Å². The Hall–Kier alpha value is -1.84. The van der Waals surface area contributed by atoms with E-state index in [0.29, 0.717) is 17.9 Å². The van der Waals surface area contributed by atoms with Gasteiger partial charge in [-0.25, -0.2) is 4.98 Å². The molecule has 4 nitrogen and oxygen atoms in total. The maximum atomic E-state index is 10.7. The molecule has 2 aromatic rings. The van der Waals surface area contributed by atoms with Crippen LogP contribution in [0.5, 0.6) is 0 Å². The van der Waals surface area contributed by atoms with Crippen LogP contribution in [0.1, 0.15) is 49.9 Å². The standard InChI is InChI=1S/C16H18N2O2/c19-15(20)8-5-10-9-12(10)16-17-13-3-1-2-4-14(13)18(16)11-6-7-11/h1-4,10-12H,5-9H2,(H,19,20)/t10-,12-/m0/s1. The van der Waals surface area contributed by atoms with Crippen LogP contribution in [0.2, 0.25) is 0 Å². The number of para-hydroxylation sites is 2. The van der Waals surface area contributed by atoms with Gasteiger partial charge < -0.3 is 9.67 Å². The fourth-order valence-corrected chi connectivity index (χ4v) is 3.23. The largest absolute Gasteiger partial charge is 0.481 e. The molecule has 2 fully saturated rings. The van der Waals surface area contributed by atoms with Crippen molar-refractivity contribution in [1.82, 2.24) is 9.55 Å². The average Bonchev–Trinajstić information content (AvgIpc) is 3.34. The van der Waals surface area contributed by atoms with Crippen molar-refractivity contribution in [1.29, 1.82) is 0 Å². The van der Waals surface area contributed by atoms with Gasteiger partial charge in [-0.15, -0.1) is 0 Å². The molecule has 0 radical (unpaired) electrons.